The Labute approximate surface area is 162 Å². The van der Waals surface area contributed by atoms with Gasteiger partial charge in [0.15, 0.2) is 11.5 Å². The van der Waals surface area contributed by atoms with Gasteiger partial charge in [-0.25, -0.2) is 4.39 Å². The van der Waals surface area contributed by atoms with Crippen LogP contribution in [0.1, 0.15) is 40.3 Å². The summed E-state index contributed by atoms with van der Waals surface area (Å²) in [6, 6.07) is 13.7. The summed E-state index contributed by atoms with van der Waals surface area (Å²) in [6.45, 7) is 5.80. The molecule has 5 nitrogen and oxygen atoms in total. The molecule has 0 spiro atoms. The van der Waals surface area contributed by atoms with Gasteiger partial charge >= 0.3 is 0 Å². The van der Waals surface area contributed by atoms with Gasteiger partial charge in [0.05, 0.1) is 17.3 Å². The number of halogens is 1. The van der Waals surface area contributed by atoms with Crippen LogP contribution in [-0.2, 0) is 0 Å². The van der Waals surface area contributed by atoms with Crippen LogP contribution in [0.25, 0.3) is 5.69 Å². The number of ether oxygens (including phenoxy) is 2. The minimum atomic E-state index is -0.329. The summed E-state index contributed by atoms with van der Waals surface area (Å²) in [6.07, 6.45) is 0. The maximum Gasteiger partial charge on any atom is 0.253 e. The van der Waals surface area contributed by atoms with Gasteiger partial charge in [-0.3, -0.25) is 4.79 Å². The average Bonchev–Trinajstić information content (AvgIpc) is 3.26. The number of aromatic nitrogens is 1. The molecule has 4 rings (SSSR count). The molecule has 144 valence electrons. The van der Waals surface area contributed by atoms with Crippen molar-refractivity contribution in [1.29, 1.82) is 0 Å². The van der Waals surface area contributed by atoms with Crippen LogP contribution in [0.5, 0.6) is 11.5 Å². The van der Waals surface area contributed by atoms with Crippen molar-refractivity contribution in [2.24, 2.45) is 0 Å². The molecular weight excluding hydrogens is 359 g/mol. The molecule has 0 fully saturated rings. The molecule has 1 N–H and O–H groups in total. The first-order valence-corrected chi connectivity index (χ1v) is 9.10. The minimum Gasteiger partial charge on any atom is -0.454 e. The van der Waals surface area contributed by atoms with Crippen LogP contribution in [0.15, 0.2) is 48.5 Å². The molecule has 2 aromatic carbocycles. The van der Waals surface area contributed by atoms with Crippen LogP contribution in [-0.4, -0.2) is 17.3 Å². The van der Waals surface area contributed by atoms with Gasteiger partial charge < -0.3 is 19.4 Å². The second kappa shape index (κ2) is 7.03. The molecule has 0 saturated carbocycles. The van der Waals surface area contributed by atoms with Crippen LogP contribution in [0, 0.1) is 19.7 Å². The highest BCUT2D eigenvalue weighted by Crippen LogP contribution is 2.34. The third-order valence-electron chi connectivity index (χ3n) is 5.01. The summed E-state index contributed by atoms with van der Waals surface area (Å²) in [4.78, 5) is 12.9. The molecule has 1 unspecified atom stereocenters. The van der Waals surface area contributed by atoms with Gasteiger partial charge in [-0.05, 0) is 56.7 Å². The van der Waals surface area contributed by atoms with Crippen LogP contribution in [0.3, 0.4) is 0 Å². The van der Waals surface area contributed by atoms with E-state index in [4.69, 9.17) is 9.47 Å². The third-order valence-corrected chi connectivity index (χ3v) is 5.01. The molecule has 1 atom stereocenters. The van der Waals surface area contributed by atoms with E-state index in [1.165, 1.54) is 6.07 Å². The molecule has 2 heterocycles. The summed E-state index contributed by atoms with van der Waals surface area (Å²) in [7, 11) is 0. The van der Waals surface area contributed by atoms with Crippen molar-refractivity contribution in [2.45, 2.75) is 26.8 Å². The predicted molar refractivity (Wildman–Crippen MR) is 104 cm³/mol. The molecule has 6 heteroatoms. The SMILES string of the molecule is Cc1cc(C(=O)NC(C)c2ccc3c(c2)OCO3)c(C)n1-c1ccccc1F. The molecular formula is C22H21FN2O3. The van der Waals surface area contributed by atoms with E-state index in [1.54, 1.807) is 28.8 Å². The zero-order valence-corrected chi connectivity index (χ0v) is 16.0. The Hall–Kier alpha value is -3.28. The number of hydrogen-bond donors (Lipinski definition) is 1. The van der Waals surface area contributed by atoms with E-state index in [1.807, 2.05) is 39.0 Å². The van der Waals surface area contributed by atoms with Crippen LogP contribution in [0.2, 0.25) is 0 Å². The predicted octanol–water partition coefficient (Wildman–Crippen LogP) is 4.45. The van der Waals surface area contributed by atoms with Crippen molar-refractivity contribution in [3.05, 3.63) is 76.9 Å². The fourth-order valence-corrected chi connectivity index (χ4v) is 3.54. The Morgan fingerprint density at radius 1 is 1.11 bits per heavy atom. The molecule has 28 heavy (non-hydrogen) atoms. The molecule has 0 bridgehead atoms. The lowest BCUT2D eigenvalue weighted by molar-refractivity contribution is 0.0939. The Morgan fingerprint density at radius 3 is 2.64 bits per heavy atom. The van der Waals surface area contributed by atoms with E-state index >= 15 is 0 Å². The number of aryl methyl sites for hydroxylation is 1. The van der Waals surface area contributed by atoms with Gasteiger partial charge in [0, 0.05) is 11.4 Å². The van der Waals surface area contributed by atoms with Crippen molar-refractivity contribution in [3.8, 4) is 17.2 Å². The zero-order valence-electron chi connectivity index (χ0n) is 16.0. The fraction of sp³-hybridized carbons (Fsp3) is 0.227. The summed E-state index contributed by atoms with van der Waals surface area (Å²) in [5.74, 6) is 0.845. The Balaban J connectivity index is 1.59. The van der Waals surface area contributed by atoms with Gasteiger partial charge in [-0.15, -0.1) is 0 Å². The molecule has 0 radical (unpaired) electrons. The molecule has 1 aliphatic heterocycles. The number of carbonyl (C=O) groups is 1. The number of nitrogens with one attached hydrogen (secondary N) is 1. The summed E-state index contributed by atoms with van der Waals surface area (Å²) >= 11 is 0. The van der Waals surface area contributed by atoms with Crippen molar-refractivity contribution in [2.75, 3.05) is 6.79 Å². The van der Waals surface area contributed by atoms with Crippen molar-refractivity contribution < 1.29 is 18.7 Å². The van der Waals surface area contributed by atoms with E-state index in [0.29, 0.717) is 28.4 Å². The van der Waals surface area contributed by atoms with E-state index in [0.717, 1.165) is 11.3 Å². The van der Waals surface area contributed by atoms with Crippen molar-refractivity contribution in [3.63, 3.8) is 0 Å². The number of nitrogens with zero attached hydrogens (tertiary/aromatic N) is 1. The highest BCUT2D eigenvalue weighted by molar-refractivity contribution is 5.96. The lowest BCUT2D eigenvalue weighted by Crippen LogP contribution is -2.27. The van der Waals surface area contributed by atoms with Crippen LogP contribution in [0.4, 0.5) is 4.39 Å². The van der Waals surface area contributed by atoms with Crippen LogP contribution < -0.4 is 14.8 Å². The molecule has 1 aromatic heterocycles. The summed E-state index contributed by atoms with van der Waals surface area (Å²) in [5.41, 5.74) is 3.36. The normalized spacial score (nSPS) is 13.4. The van der Waals surface area contributed by atoms with Gasteiger partial charge in [0.25, 0.3) is 5.91 Å². The largest absolute Gasteiger partial charge is 0.454 e. The fourth-order valence-electron chi connectivity index (χ4n) is 3.54. The Kier molecular flexibility index (Phi) is 4.55. The Bertz CT molecular complexity index is 1060. The number of amides is 1. The Morgan fingerprint density at radius 2 is 1.86 bits per heavy atom. The maximum absolute atomic E-state index is 14.2. The number of rotatable bonds is 4. The first-order chi connectivity index (χ1) is 13.5. The highest BCUT2D eigenvalue weighted by Gasteiger charge is 2.21. The topological polar surface area (TPSA) is 52.5 Å². The lowest BCUT2D eigenvalue weighted by atomic mass is 10.1. The zero-order chi connectivity index (χ0) is 19.8. The maximum atomic E-state index is 14.2. The first kappa shape index (κ1) is 18.1. The summed E-state index contributed by atoms with van der Waals surface area (Å²) in [5, 5.41) is 3.01. The van der Waals surface area contributed by atoms with E-state index in [-0.39, 0.29) is 24.6 Å². The molecule has 3 aromatic rings. The number of carbonyl (C=O) groups excluding carboxylic acids is 1. The smallest absolute Gasteiger partial charge is 0.253 e. The van der Waals surface area contributed by atoms with E-state index in [9.17, 15) is 9.18 Å². The second-order valence-corrected chi connectivity index (χ2v) is 6.88. The molecule has 1 amide bonds. The number of hydrogen-bond acceptors (Lipinski definition) is 3. The van der Waals surface area contributed by atoms with Gasteiger partial charge in [0.1, 0.15) is 5.82 Å². The first-order valence-electron chi connectivity index (χ1n) is 9.10. The number of para-hydroxylation sites is 1. The van der Waals surface area contributed by atoms with Crippen molar-refractivity contribution in [1.82, 2.24) is 9.88 Å². The standard InChI is InChI=1S/C22H21FN2O3/c1-13-10-17(15(3)25(13)19-7-5-4-6-18(19)23)22(26)24-14(2)16-8-9-20-21(11-16)28-12-27-20/h4-11,14H,12H2,1-3H3,(H,24,26). The van der Waals surface area contributed by atoms with E-state index < -0.39 is 0 Å². The van der Waals surface area contributed by atoms with Crippen molar-refractivity contribution >= 4 is 5.91 Å². The lowest BCUT2D eigenvalue weighted by Gasteiger charge is -2.15. The second-order valence-electron chi connectivity index (χ2n) is 6.88. The quantitative estimate of drug-likeness (QED) is 0.727. The number of fused-ring (bicyclic) bond motifs is 1. The number of benzene rings is 2. The molecule has 0 aliphatic carbocycles. The van der Waals surface area contributed by atoms with E-state index in [2.05, 4.69) is 5.32 Å². The molecule has 1 aliphatic rings. The monoisotopic (exact) mass is 380 g/mol. The highest BCUT2D eigenvalue weighted by atomic mass is 19.1. The minimum absolute atomic E-state index is 0.208. The van der Waals surface area contributed by atoms with Gasteiger partial charge in [-0.2, -0.15) is 0 Å². The average molecular weight is 380 g/mol. The van der Waals surface area contributed by atoms with Gasteiger partial charge in [-0.1, -0.05) is 18.2 Å². The summed E-state index contributed by atoms with van der Waals surface area (Å²) < 4.78 is 26.7. The van der Waals surface area contributed by atoms with Crippen LogP contribution >= 0.6 is 0 Å². The third kappa shape index (κ3) is 3.11. The molecule has 0 saturated heterocycles. The van der Waals surface area contributed by atoms with Gasteiger partial charge in [0.2, 0.25) is 6.79 Å².